The lowest BCUT2D eigenvalue weighted by molar-refractivity contribution is -0.119. The molecule has 0 aromatic heterocycles. The van der Waals surface area contributed by atoms with Gasteiger partial charge in [0, 0.05) is 0 Å². The Morgan fingerprint density at radius 2 is 2.40 bits per heavy atom. The Balaban J connectivity index is 3.53. The first-order valence-corrected chi connectivity index (χ1v) is 3.62. The Kier molecular flexibility index (Phi) is 4.17. The second-order valence-corrected chi connectivity index (χ2v) is 2.42. The maximum absolute atomic E-state index is 10.2. The maximum Gasteiger partial charge on any atom is 0.302 e. The first kappa shape index (κ1) is 9.54. The van der Waals surface area contributed by atoms with E-state index in [9.17, 15) is 9.00 Å². The number of primary amides is 1. The molecule has 0 aliphatic heterocycles. The van der Waals surface area contributed by atoms with Crippen LogP contribution in [0.2, 0.25) is 0 Å². The summed E-state index contributed by atoms with van der Waals surface area (Å²) in [7, 11) is 0. The second kappa shape index (κ2) is 4.37. The van der Waals surface area contributed by atoms with Gasteiger partial charge in [-0.2, -0.15) is 4.21 Å². The standard InChI is InChI=1S/C4H9NO4S/c1-3(2-4(5)6)9-10(7)8/h3H,2H2,1H3,(H2,5,6)(H,7,8). The van der Waals surface area contributed by atoms with Crippen molar-refractivity contribution in [2.24, 2.45) is 5.73 Å². The highest BCUT2D eigenvalue weighted by molar-refractivity contribution is 7.74. The fourth-order valence-electron chi connectivity index (χ4n) is 0.458. The number of hydrogen-bond acceptors (Lipinski definition) is 3. The third-order valence-electron chi connectivity index (χ3n) is 0.735. The van der Waals surface area contributed by atoms with Crippen molar-refractivity contribution < 1.29 is 17.7 Å². The molecule has 0 rings (SSSR count). The van der Waals surface area contributed by atoms with Gasteiger partial charge in [-0.25, -0.2) is 0 Å². The van der Waals surface area contributed by atoms with Crippen molar-refractivity contribution in [3.63, 3.8) is 0 Å². The largest absolute Gasteiger partial charge is 0.370 e. The van der Waals surface area contributed by atoms with Gasteiger partial charge in [-0.1, -0.05) is 0 Å². The molecule has 2 unspecified atom stereocenters. The van der Waals surface area contributed by atoms with Crippen LogP contribution < -0.4 is 5.73 Å². The highest BCUT2D eigenvalue weighted by atomic mass is 32.2. The monoisotopic (exact) mass is 167 g/mol. The Morgan fingerprint density at radius 1 is 1.90 bits per heavy atom. The fraction of sp³-hybridized carbons (Fsp3) is 0.750. The molecular weight excluding hydrogens is 158 g/mol. The maximum atomic E-state index is 10.2. The van der Waals surface area contributed by atoms with Crippen molar-refractivity contribution in [2.75, 3.05) is 0 Å². The Morgan fingerprint density at radius 3 is 2.70 bits per heavy atom. The number of carbonyl (C=O) groups is 1. The first-order valence-electron chi connectivity index (χ1n) is 2.58. The van der Waals surface area contributed by atoms with E-state index in [4.69, 9.17) is 10.3 Å². The highest BCUT2D eigenvalue weighted by Gasteiger charge is 2.08. The van der Waals surface area contributed by atoms with Gasteiger partial charge in [-0.15, -0.1) is 0 Å². The lowest BCUT2D eigenvalue weighted by Crippen LogP contribution is -2.20. The average molecular weight is 167 g/mol. The molecule has 6 heteroatoms. The predicted octanol–water partition coefficient (Wildman–Crippen LogP) is -0.596. The van der Waals surface area contributed by atoms with Crippen LogP contribution >= 0.6 is 0 Å². The molecule has 0 saturated carbocycles. The van der Waals surface area contributed by atoms with Crippen LogP contribution in [0.4, 0.5) is 0 Å². The molecule has 0 aromatic rings. The van der Waals surface area contributed by atoms with Gasteiger partial charge in [0.25, 0.3) is 0 Å². The van der Waals surface area contributed by atoms with Crippen molar-refractivity contribution in [2.45, 2.75) is 19.4 Å². The van der Waals surface area contributed by atoms with Crippen LogP contribution in [0.3, 0.4) is 0 Å². The number of nitrogens with two attached hydrogens (primary N) is 1. The fourth-order valence-corrected chi connectivity index (χ4v) is 0.807. The minimum absolute atomic E-state index is 0.0493. The molecule has 0 aromatic carbocycles. The lowest BCUT2D eigenvalue weighted by atomic mass is 10.3. The van der Waals surface area contributed by atoms with E-state index in [0.29, 0.717) is 0 Å². The van der Waals surface area contributed by atoms with E-state index in [0.717, 1.165) is 0 Å². The molecule has 1 amide bonds. The zero-order valence-corrected chi connectivity index (χ0v) is 6.26. The summed E-state index contributed by atoms with van der Waals surface area (Å²) in [6.45, 7) is 1.48. The van der Waals surface area contributed by atoms with Crippen molar-refractivity contribution in [3.8, 4) is 0 Å². The number of rotatable bonds is 4. The molecular formula is C4H9NO4S. The van der Waals surface area contributed by atoms with Crippen LogP contribution in [-0.4, -0.2) is 20.8 Å². The molecule has 10 heavy (non-hydrogen) atoms. The average Bonchev–Trinajstić information content (AvgIpc) is 1.58. The molecule has 0 spiro atoms. The van der Waals surface area contributed by atoms with Crippen LogP contribution in [0.5, 0.6) is 0 Å². The van der Waals surface area contributed by atoms with Crippen LogP contribution in [-0.2, 0) is 20.3 Å². The highest BCUT2D eigenvalue weighted by Crippen LogP contribution is 1.97. The summed E-state index contributed by atoms with van der Waals surface area (Å²) in [5.41, 5.74) is 4.77. The van der Waals surface area contributed by atoms with Crippen LogP contribution in [0.1, 0.15) is 13.3 Å². The second-order valence-electron chi connectivity index (χ2n) is 1.79. The molecule has 0 bridgehead atoms. The molecule has 5 nitrogen and oxygen atoms in total. The zero-order chi connectivity index (χ0) is 8.15. The van der Waals surface area contributed by atoms with Crippen molar-refractivity contribution >= 4 is 17.3 Å². The summed E-state index contributed by atoms with van der Waals surface area (Å²) in [6.07, 6.45) is -0.657. The van der Waals surface area contributed by atoms with E-state index in [-0.39, 0.29) is 6.42 Å². The van der Waals surface area contributed by atoms with Crippen molar-refractivity contribution in [3.05, 3.63) is 0 Å². The summed E-state index contributed by atoms with van der Waals surface area (Å²) >= 11 is -2.32. The van der Waals surface area contributed by atoms with Gasteiger partial charge in [0.05, 0.1) is 12.5 Å². The van der Waals surface area contributed by atoms with E-state index < -0.39 is 23.4 Å². The quantitative estimate of drug-likeness (QED) is 0.547. The Labute approximate surface area is 61.0 Å². The van der Waals surface area contributed by atoms with E-state index in [1.807, 2.05) is 0 Å². The summed E-state index contributed by atoms with van der Waals surface area (Å²) < 4.78 is 22.3. The number of amides is 1. The molecule has 0 heterocycles. The van der Waals surface area contributed by atoms with Gasteiger partial charge < -0.3 is 5.73 Å². The van der Waals surface area contributed by atoms with Gasteiger partial charge in [-0.05, 0) is 6.92 Å². The van der Waals surface area contributed by atoms with Crippen LogP contribution in [0, 0.1) is 0 Å². The summed E-state index contributed by atoms with van der Waals surface area (Å²) in [6, 6.07) is 0. The third-order valence-corrected chi connectivity index (χ3v) is 1.23. The molecule has 0 aliphatic rings. The van der Waals surface area contributed by atoms with Crippen LogP contribution in [0.25, 0.3) is 0 Å². The van der Waals surface area contributed by atoms with Gasteiger partial charge >= 0.3 is 11.4 Å². The minimum atomic E-state index is -2.32. The van der Waals surface area contributed by atoms with Gasteiger partial charge in [0.15, 0.2) is 0 Å². The topological polar surface area (TPSA) is 89.6 Å². The Bertz CT molecular complexity index is 132. The number of carbonyl (C=O) groups excluding carboxylic acids is 1. The third kappa shape index (κ3) is 5.67. The smallest absolute Gasteiger partial charge is 0.302 e. The lowest BCUT2D eigenvalue weighted by Gasteiger charge is -2.04. The normalized spacial score (nSPS) is 16.2. The minimum Gasteiger partial charge on any atom is -0.370 e. The van der Waals surface area contributed by atoms with E-state index >= 15 is 0 Å². The van der Waals surface area contributed by atoms with Gasteiger partial charge in [0.2, 0.25) is 5.91 Å². The van der Waals surface area contributed by atoms with Crippen LogP contribution in [0.15, 0.2) is 0 Å². The molecule has 0 saturated heterocycles. The molecule has 60 valence electrons. The number of hydrogen-bond donors (Lipinski definition) is 2. The SMILES string of the molecule is CC(CC(N)=O)OS(=O)O. The van der Waals surface area contributed by atoms with Gasteiger partial charge in [-0.3, -0.25) is 13.5 Å². The van der Waals surface area contributed by atoms with E-state index in [1.165, 1.54) is 6.92 Å². The zero-order valence-electron chi connectivity index (χ0n) is 5.44. The molecule has 3 N–H and O–H groups in total. The van der Waals surface area contributed by atoms with Gasteiger partial charge in [0.1, 0.15) is 0 Å². The summed E-state index contributed by atoms with van der Waals surface area (Å²) in [5.74, 6) is -0.557. The van der Waals surface area contributed by atoms with E-state index in [2.05, 4.69) is 4.18 Å². The Hall–Kier alpha value is -0.460. The first-order chi connectivity index (χ1) is 4.52. The van der Waals surface area contributed by atoms with Crippen molar-refractivity contribution in [1.82, 2.24) is 0 Å². The summed E-state index contributed by atoms with van der Waals surface area (Å²) in [4.78, 5) is 10.2. The summed E-state index contributed by atoms with van der Waals surface area (Å²) in [5, 5.41) is 0. The predicted molar refractivity (Wildman–Crippen MR) is 35.1 cm³/mol. The van der Waals surface area contributed by atoms with Crippen molar-refractivity contribution in [1.29, 1.82) is 0 Å². The van der Waals surface area contributed by atoms with E-state index in [1.54, 1.807) is 0 Å². The molecule has 0 radical (unpaired) electrons. The molecule has 0 aliphatic carbocycles. The molecule has 2 atom stereocenters. The molecule has 0 fully saturated rings.